The van der Waals surface area contributed by atoms with E-state index in [0.717, 1.165) is 12.2 Å². The first-order valence-electron chi connectivity index (χ1n) is 4.39. The van der Waals surface area contributed by atoms with Crippen molar-refractivity contribution in [3.05, 3.63) is 12.2 Å². The summed E-state index contributed by atoms with van der Waals surface area (Å²) in [4.78, 5) is 0. The summed E-state index contributed by atoms with van der Waals surface area (Å²) >= 11 is 5.70. The van der Waals surface area contributed by atoms with E-state index in [4.69, 9.17) is 11.6 Å². The van der Waals surface area contributed by atoms with Crippen LogP contribution in [0.4, 0.5) is 0 Å². The lowest BCUT2D eigenvalue weighted by molar-refractivity contribution is 0.516. The molecule has 14 heavy (non-hydrogen) atoms. The van der Waals surface area contributed by atoms with Crippen molar-refractivity contribution in [2.24, 2.45) is 0 Å². The van der Waals surface area contributed by atoms with Crippen LogP contribution in [0.5, 0.6) is 0 Å². The normalized spacial score (nSPS) is 15.4. The topological polar surface area (TPSA) is 47.8 Å². The third kappa shape index (κ3) is 3.06. The van der Waals surface area contributed by atoms with E-state index in [9.17, 15) is 4.21 Å². The number of nitrogens with zero attached hydrogens (tertiary/aromatic N) is 3. The second-order valence-electron chi connectivity index (χ2n) is 3.20. The minimum atomic E-state index is -0.743. The van der Waals surface area contributed by atoms with Gasteiger partial charge in [-0.05, 0) is 13.3 Å². The number of aromatic nitrogens is 3. The molecule has 0 amide bonds. The van der Waals surface area contributed by atoms with Crippen LogP contribution >= 0.6 is 11.6 Å². The summed E-state index contributed by atoms with van der Waals surface area (Å²) in [6.07, 6.45) is 4.23. The van der Waals surface area contributed by atoms with Crippen molar-refractivity contribution >= 4 is 22.4 Å². The van der Waals surface area contributed by atoms with Crippen molar-refractivity contribution in [2.45, 2.75) is 25.3 Å². The third-order valence-corrected chi connectivity index (χ3v) is 3.11. The van der Waals surface area contributed by atoms with Gasteiger partial charge in [-0.25, -0.2) is 0 Å². The SMILES string of the molecule is CC(CCS(C)=O)n1cnnc1CCl. The molecule has 1 rings (SSSR count). The first-order chi connectivity index (χ1) is 6.65. The highest BCUT2D eigenvalue weighted by atomic mass is 35.5. The maximum atomic E-state index is 10.9. The molecule has 0 aromatic carbocycles. The summed E-state index contributed by atoms with van der Waals surface area (Å²) in [6.45, 7) is 2.05. The first kappa shape index (κ1) is 11.7. The van der Waals surface area contributed by atoms with Crippen molar-refractivity contribution in [1.29, 1.82) is 0 Å². The van der Waals surface area contributed by atoms with Gasteiger partial charge in [0.15, 0.2) is 0 Å². The van der Waals surface area contributed by atoms with Crippen molar-refractivity contribution in [3.8, 4) is 0 Å². The zero-order valence-electron chi connectivity index (χ0n) is 8.31. The molecule has 2 unspecified atom stereocenters. The van der Waals surface area contributed by atoms with Crippen LogP contribution in [0.15, 0.2) is 6.33 Å². The molecule has 2 atom stereocenters. The quantitative estimate of drug-likeness (QED) is 0.724. The molecule has 0 saturated carbocycles. The molecule has 0 fully saturated rings. The molecule has 1 aromatic heterocycles. The maximum Gasteiger partial charge on any atom is 0.148 e. The summed E-state index contributed by atoms with van der Waals surface area (Å²) in [5.41, 5.74) is 0. The van der Waals surface area contributed by atoms with Crippen LogP contribution in [0.25, 0.3) is 0 Å². The average molecular weight is 236 g/mol. The minimum absolute atomic E-state index is 0.252. The Morgan fingerprint density at radius 1 is 1.71 bits per heavy atom. The standard InChI is InChI=1S/C8H14ClN3OS/c1-7(3-4-14(2)13)12-6-10-11-8(12)5-9/h6-7H,3-5H2,1-2H3. The van der Waals surface area contributed by atoms with Crippen LogP contribution in [-0.2, 0) is 16.7 Å². The zero-order chi connectivity index (χ0) is 10.6. The van der Waals surface area contributed by atoms with Crippen molar-refractivity contribution in [1.82, 2.24) is 14.8 Å². The van der Waals surface area contributed by atoms with Gasteiger partial charge < -0.3 is 4.57 Å². The van der Waals surface area contributed by atoms with Gasteiger partial charge in [0.2, 0.25) is 0 Å². The van der Waals surface area contributed by atoms with E-state index in [-0.39, 0.29) is 6.04 Å². The van der Waals surface area contributed by atoms with Crippen LogP contribution in [0.2, 0.25) is 0 Å². The molecule has 4 nitrogen and oxygen atoms in total. The molecule has 0 aliphatic carbocycles. The van der Waals surface area contributed by atoms with E-state index in [1.54, 1.807) is 12.6 Å². The molecule has 0 radical (unpaired) electrons. The predicted octanol–water partition coefficient (Wildman–Crippen LogP) is 1.35. The van der Waals surface area contributed by atoms with Crippen LogP contribution in [0, 0.1) is 0 Å². The molecule has 0 aliphatic rings. The number of alkyl halides is 1. The average Bonchev–Trinajstić information content (AvgIpc) is 2.61. The van der Waals surface area contributed by atoms with Gasteiger partial charge in [-0.3, -0.25) is 4.21 Å². The largest absolute Gasteiger partial charge is 0.314 e. The molecular weight excluding hydrogens is 222 g/mol. The Balaban J connectivity index is 2.59. The first-order valence-corrected chi connectivity index (χ1v) is 6.65. The third-order valence-electron chi connectivity index (χ3n) is 2.06. The molecule has 1 heterocycles. The van der Waals surface area contributed by atoms with Crippen molar-refractivity contribution in [2.75, 3.05) is 12.0 Å². The molecule has 0 bridgehead atoms. The van der Waals surface area contributed by atoms with E-state index < -0.39 is 10.8 Å². The summed E-state index contributed by atoms with van der Waals surface area (Å²) < 4.78 is 12.8. The molecule has 0 saturated heterocycles. The van der Waals surface area contributed by atoms with Gasteiger partial charge in [0.25, 0.3) is 0 Å². The van der Waals surface area contributed by atoms with Crippen LogP contribution in [0.3, 0.4) is 0 Å². The highest BCUT2D eigenvalue weighted by molar-refractivity contribution is 7.84. The Hall–Kier alpha value is -0.420. The summed E-state index contributed by atoms with van der Waals surface area (Å²) in [5.74, 6) is 1.82. The second-order valence-corrected chi connectivity index (χ2v) is 5.02. The molecule has 0 N–H and O–H groups in total. The fourth-order valence-corrected chi connectivity index (χ4v) is 2.07. The lowest BCUT2D eigenvalue weighted by Gasteiger charge is -2.13. The molecule has 0 aliphatic heterocycles. The van der Waals surface area contributed by atoms with Gasteiger partial charge in [0, 0.05) is 28.9 Å². The molecule has 0 spiro atoms. The van der Waals surface area contributed by atoms with E-state index in [1.165, 1.54) is 0 Å². The van der Waals surface area contributed by atoms with E-state index in [0.29, 0.717) is 11.6 Å². The van der Waals surface area contributed by atoms with Crippen molar-refractivity contribution < 1.29 is 4.21 Å². The van der Waals surface area contributed by atoms with E-state index >= 15 is 0 Å². The highest BCUT2D eigenvalue weighted by Gasteiger charge is 2.10. The minimum Gasteiger partial charge on any atom is -0.314 e. The summed E-state index contributed by atoms with van der Waals surface area (Å²) in [6, 6.07) is 0.252. The van der Waals surface area contributed by atoms with E-state index in [1.807, 2.05) is 11.5 Å². The molecule has 80 valence electrons. The number of halogens is 1. The summed E-state index contributed by atoms with van der Waals surface area (Å²) in [5, 5.41) is 7.68. The van der Waals surface area contributed by atoms with Gasteiger partial charge in [-0.1, -0.05) is 0 Å². The zero-order valence-corrected chi connectivity index (χ0v) is 9.88. The van der Waals surface area contributed by atoms with Gasteiger partial charge in [0.1, 0.15) is 12.2 Å². The van der Waals surface area contributed by atoms with Crippen LogP contribution < -0.4 is 0 Å². The van der Waals surface area contributed by atoms with Crippen molar-refractivity contribution in [3.63, 3.8) is 0 Å². The number of hydrogen-bond acceptors (Lipinski definition) is 3. The van der Waals surface area contributed by atoms with Gasteiger partial charge in [0.05, 0.1) is 5.88 Å². The van der Waals surface area contributed by atoms with Gasteiger partial charge in [-0.2, -0.15) is 0 Å². The fraction of sp³-hybridized carbons (Fsp3) is 0.750. The number of rotatable bonds is 5. The Kier molecular flexibility index (Phi) is 4.54. The second kappa shape index (κ2) is 5.46. The molecular formula is C8H14ClN3OS. The monoisotopic (exact) mass is 235 g/mol. The fourth-order valence-electron chi connectivity index (χ4n) is 1.21. The summed E-state index contributed by atoms with van der Waals surface area (Å²) in [7, 11) is -0.743. The Labute approximate surface area is 91.1 Å². The van der Waals surface area contributed by atoms with Crippen LogP contribution in [-0.4, -0.2) is 31.0 Å². The smallest absolute Gasteiger partial charge is 0.148 e. The van der Waals surface area contributed by atoms with Crippen LogP contribution in [0.1, 0.15) is 25.2 Å². The Bertz CT molecular complexity index is 315. The predicted molar refractivity (Wildman–Crippen MR) is 57.8 cm³/mol. The lowest BCUT2D eigenvalue weighted by Crippen LogP contribution is -2.10. The lowest BCUT2D eigenvalue weighted by atomic mass is 10.2. The highest BCUT2D eigenvalue weighted by Crippen LogP contribution is 2.13. The number of hydrogen-bond donors (Lipinski definition) is 0. The molecule has 6 heteroatoms. The molecule has 1 aromatic rings. The van der Waals surface area contributed by atoms with E-state index in [2.05, 4.69) is 10.2 Å². The Morgan fingerprint density at radius 3 is 3.00 bits per heavy atom. The Morgan fingerprint density at radius 2 is 2.43 bits per heavy atom. The van der Waals surface area contributed by atoms with Gasteiger partial charge >= 0.3 is 0 Å². The maximum absolute atomic E-state index is 10.9. The van der Waals surface area contributed by atoms with Gasteiger partial charge in [-0.15, -0.1) is 21.8 Å².